The summed E-state index contributed by atoms with van der Waals surface area (Å²) in [4.78, 5) is 4.38. The smallest absolute Gasteiger partial charge is 0.214 e. The summed E-state index contributed by atoms with van der Waals surface area (Å²) in [6.45, 7) is 6.72. The van der Waals surface area contributed by atoms with Gasteiger partial charge in [0.1, 0.15) is 6.61 Å². The quantitative estimate of drug-likeness (QED) is 0.725. The molecule has 0 aromatic carbocycles. The highest BCUT2D eigenvalue weighted by molar-refractivity contribution is 5.25. The van der Waals surface area contributed by atoms with Crippen molar-refractivity contribution in [3.05, 3.63) is 36.0 Å². The lowest BCUT2D eigenvalue weighted by molar-refractivity contribution is 0.347. The van der Waals surface area contributed by atoms with E-state index in [1.54, 1.807) is 6.08 Å². The summed E-state index contributed by atoms with van der Waals surface area (Å²) in [5, 5.41) is 0. The van der Waals surface area contributed by atoms with Crippen molar-refractivity contribution in [1.29, 1.82) is 0 Å². The van der Waals surface area contributed by atoms with E-state index in [2.05, 4.69) is 18.5 Å². The molecule has 0 radical (unpaired) electrons. The minimum atomic E-state index is 0.479. The van der Waals surface area contributed by atoms with Crippen LogP contribution in [0.25, 0.3) is 0 Å². The lowest BCUT2D eigenvalue weighted by atomic mass is 10.1. The maximum absolute atomic E-state index is 5.61. The fraction of sp³-hybridized carbons (Fsp3) is 0.417. The minimum Gasteiger partial charge on any atom is -0.473 e. The molecule has 0 bridgehead atoms. The summed E-state index contributed by atoms with van der Waals surface area (Å²) in [5.41, 5.74) is 7.71. The summed E-state index contributed by atoms with van der Waals surface area (Å²) in [6, 6.07) is 3.91. The Balaban J connectivity index is 2.84. The van der Waals surface area contributed by atoms with Crippen LogP contribution in [0, 0.1) is 0 Å². The molecule has 3 heteroatoms. The first-order valence-electron chi connectivity index (χ1n) is 5.23. The third-order valence-electron chi connectivity index (χ3n) is 2.01. The van der Waals surface area contributed by atoms with Gasteiger partial charge in [-0.2, -0.15) is 0 Å². The molecule has 0 amide bonds. The van der Waals surface area contributed by atoms with Gasteiger partial charge in [-0.05, 0) is 18.1 Å². The van der Waals surface area contributed by atoms with Crippen LogP contribution < -0.4 is 10.5 Å². The van der Waals surface area contributed by atoms with Gasteiger partial charge < -0.3 is 10.5 Å². The Morgan fingerprint density at radius 3 is 2.93 bits per heavy atom. The molecule has 0 aliphatic heterocycles. The molecule has 82 valence electrons. The predicted octanol–water partition coefficient (Wildman–Crippen LogP) is 2.06. The summed E-state index contributed by atoms with van der Waals surface area (Å²) < 4.78 is 5.40. The third-order valence-corrected chi connectivity index (χ3v) is 2.01. The highest BCUT2D eigenvalue weighted by Crippen LogP contribution is 2.13. The van der Waals surface area contributed by atoms with Crippen molar-refractivity contribution in [1.82, 2.24) is 4.98 Å². The van der Waals surface area contributed by atoms with E-state index in [0.29, 0.717) is 19.0 Å². The molecular formula is C12H18N2O. The van der Waals surface area contributed by atoms with Gasteiger partial charge in [0.05, 0.1) is 0 Å². The number of nitrogens with zero attached hydrogens (tertiary/aromatic N) is 1. The van der Waals surface area contributed by atoms with Gasteiger partial charge in [0.15, 0.2) is 0 Å². The molecule has 0 unspecified atom stereocenters. The number of ether oxygens (including phenoxy) is 1. The highest BCUT2D eigenvalue weighted by Gasteiger charge is 2.01. The minimum absolute atomic E-state index is 0.479. The number of nitrogens with two attached hydrogens (primary N) is 1. The molecule has 0 spiro atoms. The lowest BCUT2D eigenvalue weighted by Crippen LogP contribution is -2.03. The van der Waals surface area contributed by atoms with Crippen LogP contribution in [-0.2, 0) is 13.0 Å². The monoisotopic (exact) mass is 206 g/mol. The number of aryl methyl sites for hydroxylation is 1. The molecule has 0 saturated heterocycles. The van der Waals surface area contributed by atoms with E-state index in [4.69, 9.17) is 10.5 Å². The van der Waals surface area contributed by atoms with Gasteiger partial charge in [-0.1, -0.05) is 26.0 Å². The molecule has 3 nitrogen and oxygen atoms in total. The SMILES string of the molecule is C=CCOc1cc(CN)cc(CCC)n1. The van der Waals surface area contributed by atoms with Crippen LogP contribution in [0.2, 0.25) is 0 Å². The maximum Gasteiger partial charge on any atom is 0.214 e. The van der Waals surface area contributed by atoms with Crippen molar-refractivity contribution in [2.75, 3.05) is 6.61 Å². The zero-order chi connectivity index (χ0) is 11.1. The molecule has 15 heavy (non-hydrogen) atoms. The summed E-state index contributed by atoms with van der Waals surface area (Å²) >= 11 is 0. The second-order valence-corrected chi connectivity index (χ2v) is 3.36. The molecule has 0 aliphatic carbocycles. The molecule has 0 aliphatic rings. The molecule has 1 aromatic heterocycles. The summed E-state index contributed by atoms with van der Waals surface area (Å²) in [7, 11) is 0. The number of aromatic nitrogens is 1. The van der Waals surface area contributed by atoms with Crippen LogP contribution in [0.5, 0.6) is 5.88 Å². The average Bonchev–Trinajstić information content (AvgIpc) is 2.26. The number of pyridine rings is 1. The third kappa shape index (κ3) is 3.72. The topological polar surface area (TPSA) is 48.1 Å². The summed E-state index contributed by atoms with van der Waals surface area (Å²) in [5.74, 6) is 0.640. The van der Waals surface area contributed by atoms with Gasteiger partial charge in [-0.25, -0.2) is 4.98 Å². The molecule has 0 fully saturated rings. The van der Waals surface area contributed by atoms with Crippen molar-refractivity contribution in [2.24, 2.45) is 5.73 Å². The van der Waals surface area contributed by atoms with Crippen molar-refractivity contribution < 1.29 is 4.74 Å². The number of hydrogen-bond donors (Lipinski definition) is 1. The Morgan fingerprint density at radius 1 is 1.53 bits per heavy atom. The first-order chi connectivity index (χ1) is 7.30. The zero-order valence-corrected chi connectivity index (χ0v) is 9.20. The molecular weight excluding hydrogens is 188 g/mol. The van der Waals surface area contributed by atoms with E-state index >= 15 is 0 Å². The maximum atomic E-state index is 5.61. The van der Waals surface area contributed by atoms with Gasteiger partial charge in [-0.3, -0.25) is 0 Å². The fourth-order valence-corrected chi connectivity index (χ4v) is 1.34. The van der Waals surface area contributed by atoms with Crippen LogP contribution >= 0.6 is 0 Å². The lowest BCUT2D eigenvalue weighted by Gasteiger charge is -2.07. The standard InChI is InChI=1S/C12H18N2O/c1-3-5-11-7-10(9-13)8-12(14-11)15-6-4-2/h4,7-8H,2-3,5-6,9,13H2,1H3. The molecule has 1 heterocycles. The Morgan fingerprint density at radius 2 is 2.33 bits per heavy atom. The Kier molecular flexibility index (Phi) is 4.84. The van der Waals surface area contributed by atoms with Crippen molar-refractivity contribution >= 4 is 0 Å². The Bertz CT molecular complexity index is 323. The number of hydrogen-bond acceptors (Lipinski definition) is 3. The predicted molar refractivity (Wildman–Crippen MR) is 61.8 cm³/mol. The van der Waals surface area contributed by atoms with Crippen molar-refractivity contribution in [3.63, 3.8) is 0 Å². The summed E-state index contributed by atoms with van der Waals surface area (Å²) in [6.07, 6.45) is 3.73. The largest absolute Gasteiger partial charge is 0.473 e. The molecule has 1 rings (SSSR count). The van der Waals surface area contributed by atoms with E-state index in [9.17, 15) is 0 Å². The van der Waals surface area contributed by atoms with E-state index in [1.165, 1.54) is 0 Å². The van der Waals surface area contributed by atoms with Crippen molar-refractivity contribution in [2.45, 2.75) is 26.3 Å². The second-order valence-electron chi connectivity index (χ2n) is 3.36. The van der Waals surface area contributed by atoms with Crippen LogP contribution in [0.15, 0.2) is 24.8 Å². The van der Waals surface area contributed by atoms with Gasteiger partial charge in [-0.15, -0.1) is 0 Å². The molecule has 0 saturated carbocycles. The zero-order valence-electron chi connectivity index (χ0n) is 9.20. The van der Waals surface area contributed by atoms with E-state index in [1.807, 2.05) is 12.1 Å². The van der Waals surface area contributed by atoms with E-state index in [-0.39, 0.29) is 0 Å². The van der Waals surface area contributed by atoms with Crippen LogP contribution in [0.4, 0.5) is 0 Å². The van der Waals surface area contributed by atoms with E-state index < -0.39 is 0 Å². The Labute approximate surface area is 91.0 Å². The second kappa shape index (κ2) is 6.19. The van der Waals surface area contributed by atoms with Gasteiger partial charge in [0, 0.05) is 18.3 Å². The number of rotatable bonds is 6. The molecule has 0 atom stereocenters. The van der Waals surface area contributed by atoms with Gasteiger partial charge >= 0.3 is 0 Å². The average molecular weight is 206 g/mol. The fourth-order valence-electron chi connectivity index (χ4n) is 1.34. The Hall–Kier alpha value is -1.35. The van der Waals surface area contributed by atoms with Crippen molar-refractivity contribution in [3.8, 4) is 5.88 Å². The first-order valence-corrected chi connectivity index (χ1v) is 5.23. The van der Waals surface area contributed by atoms with Gasteiger partial charge in [0.25, 0.3) is 0 Å². The van der Waals surface area contributed by atoms with Crippen LogP contribution in [0.1, 0.15) is 24.6 Å². The normalized spacial score (nSPS) is 10.0. The van der Waals surface area contributed by atoms with Crippen LogP contribution in [-0.4, -0.2) is 11.6 Å². The van der Waals surface area contributed by atoms with E-state index in [0.717, 1.165) is 24.1 Å². The highest BCUT2D eigenvalue weighted by atomic mass is 16.5. The van der Waals surface area contributed by atoms with Gasteiger partial charge in [0.2, 0.25) is 5.88 Å². The molecule has 2 N–H and O–H groups in total. The van der Waals surface area contributed by atoms with Crippen LogP contribution in [0.3, 0.4) is 0 Å². The first kappa shape index (κ1) is 11.7. The molecule has 1 aromatic rings.